The summed E-state index contributed by atoms with van der Waals surface area (Å²) in [4.78, 5) is 26.7. The SMILES string of the molecule is Cc1nn(-c2ccccc2)c(Cl)c1C(=O)NNC(=O)c1cc2c(s1)CCC2. The predicted octanol–water partition coefficient (Wildman–Crippen LogP) is 3.46. The number of nitrogens with zero attached hydrogens (tertiary/aromatic N) is 2. The number of nitrogens with one attached hydrogen (secondary N) is 2. The molecule has 0 unspecified atom stereocenters. The van der Waals surface area contributed by atoms with Crippen molar-refractivity contribution in [2.24, 2.45) is 0 Å². The van der Waals surface area contributed by atoms with Gasteiger partial charge in [0.05, 0.1) is 16.3 Å². The van der Waals surface area contributed by atoms with Gasteiger partial charge in [-0.1, -0.05) is 29.8 Å². The topological polar surface area (TPSA) is 76.0 Å². The highest BCUT2D eigenvalue weighted by atomic mass is 35.5. The number of carbonyl (C=O) groups is 2. The molecule has 0 aliphatic heterocycles. The van der Waals surface area contributed by atoms with E-state index in [0.29, 0.717) is 10.6 Å². The minimum absolute atomic E-state index is 0.195. The van der Waals surface area contributed by atoms with Gasteiger partial charge in [0, 0.05) is 4.88 Å². The molecule has 27 heavy (non-hydrogen) atoms. The van der Waals surface area contributed by atoms with Crippen molar-refractivity contribution in [1.29, 1.82) is 0 Å². The largest absolute Gasteiger partial charge is 0.279 e. The Bertz CT molecular complexity index is 1000. The second kappa shape index (κ2) is 7.17. The number of thiophene rings is 1. The highest BCUT2D eigenvalue weighted by Crippen LogP contribution is 2.30. The van der Waals surface area contributed by atoms with Crippen LogP contribution in [0.25, 0.3) is 5.69 Å². The van der Waals surface area contributed by atoms with E-state index in [2.05, 4.69) is 16.0 Å². The van der Waals surface area contributed by atoms with Crippen LogP contribution in [0, 0.1) is 6.92 Å². The van der Waals surface area contributed by atoms with Crippen LogP contribution in [0.5, 0.6) is 0 Å². The third-order valence-electron chi connectivity index (χ3n) is 4.49. The third kappa shape index (κ3) is 3.36. The van der Waals surface area contributed by atoms with Gasteiger partial charge in [0.2, 0.25) is 0 Å². The molecule has 0 radical (unpaired) electrons. The van der Waals surface area contributed by atoms with Gasteiger partial charge < -0.3 is 0 Å². The number of hydrazine groups is 1. The predicted molar refractivity (Wildman–Crippen MR) is 105 cm³/mol. The van der Waals surface area contributed by atoms with E-state index in [-0.39, 0.29) is 16.6 Å². The molecule has 2 amide bonds. The molecule has 6 nitrogen and oxygen atoms in total. The smallest absolute Gasteiger partial charge is 0.267 e. The lowest BCUT2D eigenvalue weighted by atomic mass is 10.2. The Hall–Kier alpha value is -2.64. The molecule has 8 heteroatoms. The van der Waals surface area contributed by atoms with Crippen LogP contribution >= 0.6 is 22.9 Å². The van der Waals surface area contributed by atoms with E-state index in [1.165, 1.54) is 26.5 Å². The normalized spacial score (nSPS) is 12.7. The molecule has 0 bridgehead atoms. The molecule has 2 aromatic heterocycles. The number of carbonyl (C=O) groups excluding carboxylic acids is 2. The van der Waals surface area contributed by atoms with Crippen molar-refractivity contribution >= 4 is 34.8 Å². The standard InChI is InChI=1S/C19H17ClN4O2S/c1-11-16(17(20)24(23-11)13-7-3-2-4-8-13)19(26)22-21-18(25)15-10-12-6-5-9-14(12)27-15/h2-4,7-8,10H,5-6,9H2,1H3,(H,21,25)(H,22,26). The number of fused-ring (bicyclic) bond motifs is 1. The van der Waals surface area contributed by atoms with Gasteiger partial charge >= 0.3 is 0 Å². The Morgan fingerprint density at radius 1 is 1.15 bits per heavy atom. The number of halogens is 1. The number of hydrogen-bond donors (Lipinski definition) is 2. The van der Waals surface area contributed by atoms with Crippen molar-refractivity contribution in [3.8, 4) is 5.69 Å². The van der Waals surface area contributed by atoms with Crippen LogP contribution in [0.4, 0.5) is 0 Å². The molecular weight excluding hydrogens is 384 g/mol. The van der Waals surface area contributed by atoms with Crippen molar-refractivity contribution in [1.82, 2.24) is 20.6 Å². The van der Waals surface area contributed by atoms with Crippen LogP contribution in [0.1, 0.15) is 42.6 Å². The monoisotopic (exact) mass is 400 g/mol. The Balaban J connectivity index is 1.48. The van der Waals surface area contributed by atoms with Crippen LogP contribution < -0.4 is 10.9 Å². The zero-order valence-electron chi connectivity index (χ0n) is 14.6. The minimum Gasteiger partial charge on any atom is -0.267 e. The molecule has 0 spiro atoms. The summed E-state index contributed by atoms with van der Waals surface area (Å²) >= 11 is 7.85. The fourth-order valence-electron chi connectivity index (χ4n) is 3.18. The zero-order valence-corrected chi connectivity index (χ0v) is 16.2. The molecule has 1 aliphatic carbocycles. The average Bonchev–Trinajstić information content (AvgIpc) is 3.34. The van der Waals surface area contributed by atoms with Crippen molar-refractivity contribution in [2.45, 2.75) is 26.2 Å². The van der Waals surface area contributed by atoms with E-state index in [1.54, 1.807) is 6.92 Å². The van der Waals surface area contributed by atoms with Crippen molar-refractivity contribution in [3.63, 3.8) is 0 Å². The summed E-state index contributed by atoms with van der Waals surface area (Å²) in [5.41, 5.74) is 7.60. The van der Waals surface area contributed by atoms with E-state index in [9.17, 15) is 9.59 Å². The average molecular weight is 401 g/mol. The zero-order chi connectivity index (χ0) is 19.0. The number of para-hydroxylation sites is 1. The van der Waals surface area contributed by atoms with E-state index in [4.69, 9.17) is 11.6 Å². The first-order valence-electron chi connectivity index (χ1n) is 8.57. The summed E-state index contributed by atoms with van der Waals surface area (Å²) in [5, 5.41) is 4.53. The van der Waals surface area contributed by atoms with Crippen LogP contribution in [0.3, 0.4) is 0 Å². The number of aromatic nitrogens is 2. The lowest BCUT2D eigenvalue weighted by Gasteiger charge is -2.06. The number of hydrogen-bond acceptors (Lipinski definition) is 4. The lowest BCUT2D eigenvalue weighted by molar-refractivity contribution is 0.0848. The molecule has 138 valence electrons. The van der Waals surface area contributed by atoms with Gasteiger partial charge in [-0.05, 0) is 49.9 Å². The van der Waals surface area contributed by atoms with Gasteiger partial charge in [0.15, 0.2) is 0 Å². The maximum atomic E-state index is 12.5. The molecule has 0 fully saturated rings. The Morgan fingerprint density at radius 3 is 2.63 bits per heavy atom. The first-order chi connectivity index (χ1) is 13.0. The van der Waals surface area contributed by atoms with Crippen LogP contribution in [-0.2, 0) is 12.8 Å². The van der Waals surface area contributed by atoms with Crippen molar-refractivity contribution in [3.05, 3.63) is 68.1 Å². The summed E-state index contributed by atoms with van der Waals surface area (Å²) in [6, 6.07) is 11.2. The maximum Gasteiger partial charge on any atom is 0.279 e. The third-order valence-corrected chi connectivity index (χ3v) is 6.08. The van der Waals surface area contributed by atoms with Crippen LogP contribution in [0.15, 0.2) is 36.4 Å². The van der Waals surface area contributed by atoms with Gasteiger partial charge in [0.25, 0.3) is 11.8 Å². The molecule has 1 aromatic carbocycles. The lowest BCUT2D eigenvalue weighted by Crippen LogP contribution is -2.41. The van der Waals surface area contributed by atoms with E-state index in [0.717, 1.165) is 24.9 Å². The molecule has 0 atom stereocenters. The fourth-order valence-corrected chi connectivity index (χ4v) is 4.68. The van der Waals surface area contributed by atoms with Gasteiger partial charge in [-0.2, -0.15) is 5.10 Å². The summed E-state index contributed by atoms with van der Waals surface area (Å²) in [7, 11) is 0. The number of amides is 2. The summed E-state index contributed by atoms with van der Waals surface area (Å²) in [6.45, 7) is 1.70. The Morgan fingerprint density at radius 2 is 1.89 bits per heavy atom. The molecular formula is C19H17ClN4O2S. The Labute approximate surface area is 165 Å². The molecule has 2 N–H and O–H groups in total. The maximum absolute atomic E-state index is 12.5. The number of aryl methyl sites for hydroxylation is 3. The van der Waals surface area contributed by atoms with Crippen LogP contribution in [0.2, 0.25) is 5.15 Å². The van der Waals surface area contributed by atoms with E-state index in [1.807, 2.05) is 36.4 Å². The summed E-state index contributed by atoms with van der Waals surface area (Å²) < 4.78 is 1.50. The second-order valence-corrected chi connectivity index (χ2v) is 7.81. The van der Waals surface area contributed by atoms with Crippen LogP contribution in [-0.4, -0.2) is 21.6 Å². The quantitative estimate of drug-likeness (QED) is 0.661. The van der Waals surface area contributed by atoms with Gasteiger partial charge in [-0.3, -0.25) is 20.4 Å². The molecule has 3 aromatic rings. The second-order valence-electron chi connectivity index (χ2n) is 6.32. The van der Waals surface area contributed by atoms with Gasteiger partial charge in [-0.15, -0.1) is 11.3 Å². The summed E-state index contributed by atoms with van der Waals surface area (Å²) in [6.07, 6.45) is 3.18. The Kier molecular flexibility index (Phi) is 4.72. The fraction of sp³-hybridized carbons (Fsp3) is 0.211. The van der Waals surface area contributed by atoms with E-state index < -0.39 is 5.91 Å². The highest BCUT2D eigenvalue weighted by molar-refractivity contribution is 7.14. The van der Waals surface area contributed by atoms with Gasteiger partial charge in [0.1, 0.15) is 10.7 Å². The van der Waals surface area contributed by atoms with Crippen molar-refractivity contribution in [2.75, 3.05) is 0 Å². The highest BCUT2D eigenvalue weighted by Gasteiger charge is 2.23. The molecule has 1 aliphatic rings. The molecule has 0 saturated carbocycles. The van der Waals surface area contributed by atoms with E-state index >= 15 is 0 Å². The summed E-state index contributed by atoms with van der Waals surface area (Å²) in [5.74, 6) is -0.830. The molecule has 4 rings (SSSR count). The minimum atomic E-state index is -0.503. The van der Waals surface area contributed by atoms with Crippen molar-refractivity contribution < 1.29 is 9.59 Å². The molecule has 2 heterocycles. The first kappa shape index (κ1) is 17.8. The molecule has 0 saturated heterocycles. The first-order valence-corrected chi connectivity index (χ1v) is 9.77. The number of rotatable bonds is 3. The number of benzene rings is 1. The van der Waals surface area contributed by atoms with Gasteiger partial charge in [-0.25, -0.2) is 4.68 Å².